The van der Waals surface area contributed by atoms with Crippen molar-refractivity contribution in [3.8, 4) is 5.75 Å². The van der Waals surface area contributed by atoms with Gasteiger partial charge in [-0.1, -0.05) is 23.8 Å². The van der Waals surface area contributed by atoms with Gasteiger partial charge < -0.3 is 15.4 Å². The molecule has 0 radical (unpaired) electrons. The van der Waals surface area contributed by atoms with Crippen molar-refractivity contribution < 1.29 is 4.74 Å². The molecule has 2 aromatic carbocycles. The molecule has 2 rings (SSSR count). The SMILES string of the molecule is Cc1ccc(C)c([C@@H](C)NC(=S)Nc2ccc(OC(C)C)cc2)c1. The fourth-order valence-electron chi connectivity index (χ4n) is 2.56. The molecule has 0 aliphatic heterocycles. The Kier molecular flexibility index (Phi) is 6.21. The molecule has 0 spiro atoms. The minimum Gasteiger partial charge on any atom is -0.491 e. The maximum absolute atomic E-state index is 5.64. The highest BCUT2D eigenvalue weighted by molar-refractivity contribution is 7.80. The van der Waals surface area contributed by atoms with Crippen LogP contribution in [0.2, 0.25) is 0 Å². The highest BCUT2D eigenvalue weighted by Crippen LogP contribution is 2.20. The van der Waals surface area contributed by atoms with E-state index in [1.165, 1.54) is 16.7 Å². The summed E-state index contributed by atoms with van der Waals surface area (Å²) in [7, 11) is 0. The van der Waals surface area contributed by atoms with E-state index in [9.17, 15) is 0 Å². The molecular weight excluding hydrogens is 316 g/mol. The molecule has 0 aliphatic carbocycles. The van der Waals surface area contributed by atoms with Gasteiger partial charge in [-0.15, -0.1) is 0 Å². The smallest absolute Gasteiger partial charge is 0.171 e. The van der Waals surface area contributed by atoms with Crippen LogP contribution in [0.4, 0.5) is 5.69 Å². The van der Waals surface area contributed by atoms with Gasteiger partial charge in [-0.05, 0) is 82.2 Å². The van der Waals surface area contributed by atoms with E-state index in [0.29, 0.717) is 5.11 Å². The van der Waals surface area contributed by atoms with E-state index in [1.807, 2.05) is 38.1 Å². The zero-order chi connectivity index (χ0) is 17.7. The highest BCUT2D eigenvalue weighted by atomic mass is 32.1. The lowest BCUT2D eigenvalue weighted by molar-refractivity contribution is 0.242. The number of benzene rings is 2. The van der Waals surface area contributed by atoms with Crippen molar-refractivity contribution in [2.75, 3.05) is 5.32 Å². The molecule has 0 amide bonds. The Bertz CT molecular complexity index is 695. The first-order chi connectivity index (χ1) is 11.3. The molecule has 0 aliphatic rings. The zero-order valence-corrected chi connectivity index (χ0v) is 15.8. The molecule has 2 aromatic rings. The third-order valence-electron chi connectivity index (χ3n) is 3.73. The Balaban J connectivity index is 1.96. The number of anilines is 1. The number of aryl methyl sites for hydroxylation is 2. The van der Waals surface area contributed by atoms with Crippen LogP contribution in [0.5, 0.6) is 5.75 Å². The second-order valence-corrected chi connectivity index (χ2v) is 6.78. The van der Waals surface area contributed by atoms with Crippen molar-refractivity contribution in [3.05, 3.63) is 59.2 Å². The molecule has 0 saturated carbocycles. The fraction of sp³-hybridized carbons (Fsp3) is 0.350. The normalized spacial score (nSPS) is 11.9. The Labute approximate surface area is 150 Å². The van der Waals surface area contributed by atoms with Gasteiger partial charge in [0.1, 0.15) is 5.75 Å². The Hall–Kier alpha value is -2.07. The number of ether oxygens (including phenoxy) is 1. The standard InChI is InChI=1S/C20H26N2OS/c1-13(2)23-18-10-8-17(9-11-18)22-20(24)21-16(5)19-12-14(3)6-7-15(19)4/h6-13,16H,1-5H3,(H2,21,22,24)/t16-/m1/s1. The first kappa shape index (κ1) is 18.3. The molecule has 4 heteroatoms. The summed E-state index contributed by atoms with van der Waals surface area (Å²) in [4.78, 5) is 0. The van der Waals surface area contributed by atoms with Gasteiger partial charge in [-0.25, -0.2) is 0 Å². The van der Waals surface area contributed by atoms with Crippen LogP contribution in [-0.2, 0) is 0 Å². The summed E-state index contributed by atoms with van der Waals surface area (Å²) < 4.78 is 5.64. The first-order valence-electron chi connectivity index (χ1n) is 8.26. The topological polar surface area (TPSA) is 33.3 Å². The summed E-state index contributed by atoms with van der Waals surface area (Å²) in [6.45, 7) is 10.4. The minimum absolute atomic E-state index is 0.147. The van der Waals surface area contributed by atoms with Crippen LogP contribution in [0.15, 0.2) is 42.5 Å². The predicted octanol–water partition coefficient (Wildman–Crippen LogP) is 5.14. The summed E-state index contributed by atoms with van der Waals surface area (Å²) in [5.41, 5.74) is 4.72. The predicted molar refractivity (Wildman–Crippen MR) is 106 cm³/mol. The van der Waals surface area contributed by atoms with Crippen molar-refractivity contribution in [2.45, 2.75) is 46.8 Å². The van der Waals surface area contributed by atoms with Crippen LogP contribution >= 0.6 is 12.2 Å². The molecule has 0 fully saturated rings. The van der Waals surface area contributed by atoms with Crippen LogP contribution in [0.3, 0.4) is 0 Å². The zero-order valence-electron chi connectivity index (χ0n) is 15.0. The van der Waals surface area contributed by atoms with Crippen LogP contribution in [-0.4, -0.2) is 11.2 Å². The number of hydrogen-bond donors (Lipinski definition) is 2. The van der Waals surface area contributed by atoms with Crippen LogP contribution in [0.25, 0.3) is 0 Å². The molecule has 0 unspecified atom stereocenters. The first-order valence-corrected chi connectivity index (χ1v) is 8.67. The van der Waals surface area contributed by atoms with Gasteiger partial charge in [0.15, 0.2) is 5.11 Å². The van der Waals surface area contributed by atoms with Gasteiger partial charge in [-0.3, -0.25) is 0 Å². The van der Waals surface area contributed by atoms with E-state index in [2.05, 4.69) is 49.6 Å². The Morgan fingerprint density at radius 2 is 1.67 bits per heavy atom. The molecule has 0 bridgehead atoms. The van der Waals surface area contributed by atoms with Gasteiger partial charge in [0.25, 0.3) is 0 Å². The lowest BCUT2D eigenvalue weighted by Crippen LogP contribution is -2.31. The van der Waals surface area contributed by atoms with E-state index < -0.39 is 0 Å². The minimum atomic E-state index is 0.147. The van der Waals surface area contributed by atoms with Gasteiger partial charge in [0, 0.05) is 5.69 Å². The lowest BCUT2D eigenvalue weighted by Gasteiger charge is -2.20. The second-order valence-electron chi connectivity index (χ2n) is 6.37. The molecule has 1 atom stereocenters. The maximum atomic E-state index is 5.64. The summed E-state index contributed by atoms with van der Waals surface area (Å²) in [5, 5.41) is 7.18. The third-order valence-corrected chi connectivity index (χ3v) is 3.95. The second kappa shape index (κ2) is 8.15. The third kappa shape index (κ3) is 5.24. The largest absolute Gasteiger partial charge is 0.491 e. The van der Waals surface area contributed by atoms with Gasteiger partial charge in [-0.2, -0.15) is 0 Å². The summed E-state index contributed by atoms with van der Waals surface area (Å²) in [6.07, 6.45) is 0.171. The molecule has 24 heavy (non-hydrogen) atoms. The average Bonchev–Trinajstić information content (AvgIpc) is 2.51. The van der Waals surface area contributed by atoms with E-state index >= 15 is 0 Å². The van der Waals surface area contributed by atoms with Crippen molar-refractivity contribution in [3.63, 3.8) is 0 Å². The number of rotatable bonds is 5. The van der Waals surface area contributed by atoms with Crippen molar-refractivity contribution in [1.82, 2.24) is 5.32 Å². The maximum Gasteiger partial charge on any atom is 0.171 e. The molecule has 0 aromatic heterocycles. The molecule has 3 nitrogen and oxygen atoms in total. The van der Waals surface area contributed by atoms with E-state index in [-0.39, 0.29) is 12.1 Å². The van der Waals surface area contributed by atoms with Crippen molar-refractivity contribution >= 4 is 23.0 Å². The van der Waals surface area contributed by atoms with Gasteiger partial charge >= 0.3 is 0 Å². The Morgan fingerprint density at radius 1 is 1.00 bits per heavy atom. The summed E-state index contributed by atoms with van der Waals surface area (Å²) in [5.74, 6) is 0.859. The number of nitrogens with one attached hydrogen (secondary N) is 2. The number of thiocarbonyl (C=S) groups is 1. The average molecular weight is 343 g/mol. The van der Waals surface area contributed by atoms with Gasteiger partial charge in [0.05, 0.1) is 12.1 Å². The molecule has 0 saturated heterocycles. The number of hydrogen-bond acceptors (Lipinski definition) is 2. The monoisotopic (exact) mass is 342 g/mol. The van der Waals surface area contributed by atoms with Crippen LogP contribution < -0.4 is 15.4 Å². The molecule has 0 heterocycles. The van der Waals surface area contributed by atoms with Gasteiger partial charge in [0.2, 0.25) is 0 Å². The summed E-state index contributed by atoms with van der Waals surface area (Å²) >= 11 is 5.44. The summed E-state index contributed by atoms with van der Waals surface area (Å²) in [6, 6.07) is 14.4. The molecule has 2 N–H and O–H groups in total. The highest BCUT2D eigenvalue weighted by Gasteiger charge is 2.10. The van der Waals surface area contributed by atoms with Crippen molar-refractivity contribution in [1.29, 1.82) is 0 Å². The Morgan fingerprint density at radius 3 is 2.29 bits per heavy atom. The quantitative estimate of drug-likeness (QED) is 0.737. The van der Waals surface area contributed by atoms with E-state index in [4.69, 9.17) is 17.0 Å². The lowest BCUT2D eigenvalue weighted by atomic mass is 10.0. The van der Waals surface area contributed by atoms with Crippen LogP contribution in [0.1, 0.15) is 43.5 Å². The molecule has 128 valence electrons. The van der Waals surface area contributed by atoms with E-state index in [1.54, 1.807) is 0 Å². The van der Waals surface area contributed by atoms with E-state index in [0.717, 1.165) is 11.4 Å². The fourth-order valence-corrected chi connectivity index (χ4v) is 2.85. The van der Waals surface area contributed by atoms with Crippen LogP contribution in [0, 0.1) is 13.8 Å². The van der Waals surface area contributed by atoms with Crippen molar-refractivity contribution in [2.24, 2.45) is 0 Å². The molecular formula is C20H26N2OS.